The van der Waals surface area contributed by atoms with Gasteiger partial charge in [0, 0.05) is 25.7 Å². The zero-order chi connectivity index (χ0) is 15.1. The zero-order valence-corrected chi connectivity index (χ0v) is 12.6. The molecule has 0 radical (unpaired) electrons. The molecule has 1 aromatic rings. The minimum atomic E-state index is -0.322. The Morgan fingerprint density at radius 3 is 2.81 bits per heavy atom. The number of carbonyl (C=O) groups is 1. The molecule has 1 unspecified atom stereocenters. The van der Waals surface area contributed by atoms with Gasteiger partial charge >= 0.3 is 0 Å². The third-order valence-electron chi connectivity index (χ3n) is 3.28. The van der Waals surface area contributed by atoms with Gasteiger partial charge in [-0.15, -0.1) is 0 Å². The highest BCUT2D eigenvalue weighted by atomic mass is 16.5. The molecular weight excluding hydrogens is 270 g/mol. The van der Waals surface area contributed by atoms with Gasteiger partial charge in [-0.3, -0.25) is 4.79 Å². The van der Waals surface area contributed by atoms with Crippen molar-refractivity contribution in [3.63, 3.8) is 0 Å². The molecule has 0 aromatic carbocycles. The predicted octanol–water partition coefficient (Wildman–Crippen LogP) is 0.958. The van der Waals surface area contributed by atoms with Crippen molar-refractivity contribution in [2.45, 2.75) is 26.3 Å². The summed E-state index contributed by atoms with van der Waals surface area (Å²) in [5.41, 5.74) is 0. The number of nitrogens with zero attached hydrogens (tertiary/aromatic N) is 3. The molecule has 0 saturated carbocycles. The van der Waals surface area contributed by atoms with Gasteiger partial charge in [-0.25, -0.2) is 9.97 Å². The van der Waals surface area contributed by atoms with Crippen LogP contribution in [-0.4, -0.2) is 59.7 Å². The molecule has 21 heavy (non-hydrogen) atoms. The van der Waals surface area contributed by atoms with E-state index in [1.54, 1.807) is 0 Å². The molecule has 1 amide bonds. The van der Waals surface area contributed by atoms with E-state index >= 15 is 0 Å². The second kappa shape index (κ2) is 7.78. The van der Waals surface area contributed by atoms with Gasteiger partial charge in [0.05, 0.1) is 13.2 Å². The van der Waals surface area contributed by atoms with E-state index in [1.165, 1.54) is 6.33 Å². The van der Waals surface area contributed by atoms with Crippen LogP contribution in [0.4, 0.5) is 11.6 Å². The van der Waals surface area contributed by atoms with E-state index in [2.05, 4.69) is 27.5 Å². The molecule has 116 valence electrons. The fraction of sp³-hybridized carbons (Fsp3) is 0.643. The summed E-state index contributed by atoms with van der Waals surface area (Å²) in [6.07, 6.45) is 2.52. The van der Waals surface area contributed by atoms with E-state index < -0.39 is 0 Å². The lowest BCUT2D eigenvalue weighted by atomic mass is 10.2. The fourth-order valence-corrected chi connectivity index (χ4v) is 2.13. The summed E-state index contributed by atoms with van der Waals surface area (Å²) in [5, 5.41) is 6.33. The summed E-state index contributed by atoms with van der Waals surface area (Å²) in [6.45, 7) is 7.32. The van der Waals surface area contributed by atoms with Crippen molar-refractivity contribution in [3.05, 3.63) is 12.4 Å². The summed E-state index contributed by atoms with van der Waals surface area (Å²) >= 11 is 0. The Morgan fingerprint density at radius 1 is 1.38 bits per heavy atom. The fourth-order valence-electron chi connectivity index (χ4n) is 2.13. The van der Waals surface area contributed by atoms with Gasteiger partial charge in [-0.1, -0.05) is 6.92 Å². The maximum Gasteiger partial charge on any atom is 0.244 e. The van der Waals surface area contributed by atoms with Gasteiger partial charge < -0.3 is 20.3 Å². The molecule has 0 aliphatic carbocycles. The summed E-state index contributed by atoms with van der Waals surface area (Å²) in [6, 6.07) is 1.50. The Kier molecular flexibility index (Phi) is 5.74. The molecule has 1 atom stereocenters. The Morgan fingerprint density at radius 2 is 2.10 bits per heavy atom. The number of aromatic nitrogens is 2. The summed E-state index contributed by atoms with van der Waals surface area (Å²) in [5.74, 6) is 1.48. The first-order chi connectivity index (χ1) is 10.2. The van der Waals surface area contributed by atoms with E-state index in [-0.39, 0.29) is 11.9 Å². The molecule has 0 spiro atoms. The number of anilines is 2. The number of hydrogen-bond acceptors (Lipinski definition) is 6. The highest BCUT2D eigenvalue weighted by molar-refractivity contribution is 5.84. The molecule has 2 heterocycles. The average molecular weight is 293 g/mol. The van der Waals surface area contributed by atoms with Crippen LogP contribution in [0.2, 0.25) is 0 Å². The Hall–Kier alpha value is -1.89. The average Bonchev–Trinajstić information content (AvgIpc) is 2.53. The highest BCUT2D eigenvalue weighted by Gasteiger charge is 2.22. The van der Waals surface area contributed by atoms with Crippen molar-refractivity contribution in [1.29, 1.82) is 0 Å². The third kappa shape index (κ3) is 4.56. The minimum absolute atomic E-state index is 0.0694. The van der Waals surface area contributed by atoms with Crippen molar-refractivity contribution in [2.75, 3.05) is 43.5 Å². The maximum atomic E-state index is 12.3. The first-order valence-corrected chi connectivity index (χ1v) is 7.39. The van der Waals surface area contributed by atoms with Crippen LogP contribution in [0.3, 0.4) is 0 Å². The van der Waals surface area contributed by atoms with Crippen LogP contribution in [-0.2, 0) is 9.53 Å². The van der Waals surface area contributed by atoms with Crippen LogP contribution in [0.25, 0.3) is 0 Å². The van der Waals surface area contributed by atoms with Crippen LogP contribution in [0.5, 0.6) is 0 Å². The molecule has 7 nitrogen and oxygen atoms in total. The van der Waals surface area contributed by atoms with Crippen LogP contribution < -0.4 is 10.6 Å². The lowest BCUT2D eigenvalue weighted by Crippen LogP contribution is -2.47. The number of rotatable bonds is 6. The van der Waals surface area contributed by atoms with Crippen molar-refractivity contribution >= 4 is 17.5 Å². The molecule has 2 N–H and O–H groups in total. The molecule has 7 heteroatoms. The normalized spacial score (nSPS) is 16.4. The summed E-state index contributed by atoms with van der Waals surface area (Å²) in [7, 11) is 0. The maximum absolute atomic E-state index is 12.3. The Labute approximate surface area is 125 Å². The van der Waals surface area contributed by atoms with E-state index in [0.717, 1.165) is 18.8 Å². The molecule has 1 aromatic heterocycles. The minimum Gasteiger partial charge on any atom is -0.378 e. The first-order valence-electron chi connectivity index (χ1n) is 7.39. The highest BCUT2D eigenvalue weighted by Crippen LogP contribution is 2.11. The summed E-state index contributed by atoms with van der Waals surface area (Å²) in [4.78, 5) is 22.4. The van der Waals surface area contributed by atoms with Gasteiger partial charge in [0.1, 0.15) is 24.0 Å². The lowest BCUT2D eigenvalue weighted by Gasteiger charge is -2.29. The number of amides is 1. The van der Waals surface area contributed by atoms with Gasteiger partial charge in [0.25, 0.3) is 0 Å². The third-order valence-corrected chi connectivity index (χ3v) is 3.28. The number of nitrogens with one attached hydrogen (secondary N) is 2. The quantitative estimate of drug-likeness (QED) is 0.813. The van der Waals surface area contributed by atoms with E-state index in [0.29, 0.717) is 32.1 Å². The monoisotopic (exact) mass is 293 g/mol. The van der Waals surface area contributed by atoms with Crippen molar-refractivity contribution in [2.24, 2.45) is 0 Å². The van der Waals surface area contributed by atoms with Crippen LogP contribution in [0.1, 0.15) is 20.3 Å². The molecule has 1 aliphatic rings. The number of ether oxygens (including phenoxy) is 1. The van der Waals surface area contributed by atoms with Crippen molar-refractivity contribution in [3.8, 4) is 0 Å². The second-order valence-corrected chi connectivity index (χ2v) is 5.02. The molecule has 1 fully saturated rings. The molecular formula is C14H23N5O2. The number of morpholine rings is 1. The molecule has 1 saturated heterocycles. The Balaban J connectivity index is 1.91. The second-order valence-electron chi connectivity index (χ2n) is 5.02. The van der Waals surface area contributed by atoms with Gasteiger partial charge in [0.15, 0.2) is 0 Å². The molecule has 2 rings (SSSR count). The smallest absolute Gasteiger partial charge is 0.244 e. The molecule has 0 bridgehead atoms. The van der Waals surface area contributed by atoms with Gasteiger partial charge in [-0.05, 0) is 13.3 Å². The largest absolute Gasteiger partial charge is 0.378 e. The Bertz CT molecular complexity index is 462. The standard InChI is InChI=1S/C14H23N5O2/c1-3-4-15-12-9-13(17-10-16-12)18-11(2)14(20)19-5-7-21-8-6-19/h9-11H,3-8H2,1-2H3,(H2,15,16,17,18). The van der Waals surface area contributed by atoms with Crippen molar-refractivity contribution < 1.29 is 9.53 Å². The topological polar surface area (TPSA) is 79.4 Å². The SMILES string of the molecule is CCCNc1cc(NC(C)C(=O)N2CCOCC2)ncn1. The van der Waals surface area contributed by atoms with Crippen LogP contribution in [0.15, 0.2) is 12.4 Å². The van der Waals surface area contributed by atoms with E-state index in [4.69, 9.17) is 4.74 Å². The molecule has 1 aliphatic heterocycles. The first kappa shape index (κ1) is 15.5. The van der Waals surface area contributed by atoms with Gasteiger partial charge in [0.2, 0.25) is 5.91 Å². The van der Waals surface area contributed by atoms with Crippen LogP contribution in [0, 0.1) is 0 Å². The van der Waals surface area contributed by atoms with Crippen molar-refractivity contribution in [1.82, 2.24) is 14.9 Å². The zero-order valence-electron chi connectivity index (χ0n) is 12.6. The summed E-state index contributed by atoms with van der Waals surface area (Å²) < 4.78 is 5.26. The predicted molar refractivity (Wildman–Crippen MR) is 81.3 cm³/mol. The number of hydrogen-bond donors (Lipinski definition) is 2. The van der Waals surface area contributed by atoms with E-state index in [1.807, 2.05) is 17.9 Å². The number of carbonyl (C=O) groups excluding carboxylic acids is 1. The van der Waals surface area contributed by atoms with Gasteiger partial charge in [-0.2, -0.15) is 0 Å². The van der Waals surface area contributed by atoms with Crippen LogP contribution >= 0.6 is 0 Å². The lowest BCUT2D eigenvalue weighted by molar-refractivity contribution is -0.135. The van der Waals surface area contributed by atoms with E-state index in [9.17, 15) is 4.79 Å².